The summed E-state index contributed by atoms with van der Waals surface area (Å²) in [4.78, 5) is 4.61. The van der Waals surface area contributed by atoms with Gasteiger partial charge >= 0.3 is 0 Å². The average molecular weight is 264 g/mol. The SMILES string of the molecule is CC(C)(C)NCc1cccc(COC2CCOC2)n1. The lowest BCUT2D eigenvalue weighted by Crippen LogP contribution is -2.35. The Labute approximate surface area is 115 Å². The normalized spacial score (nSPS) is 19.8. The molecule has 0 aliphatic carbocycles. The van der Waals surface area contributed by atoms with E-state index in [-0.39, 0.29) is 11.6 Å². The fraction of sp³-hybridized carbons (Fsp3) is 0.667. The lowest BCUT2D eigenvalue weighted by atomic mass is 10.1. The van der Waals surface area contributed by atoms with E-state index in [4.69, 9.17) is 9.47 Å². The first kappa shape index (κ1) is 14.4. The van der Waals surface area contributed by atoms with E-state index in [9.17, 15) is 0 Å². The van der Waals surface area contributed by atoms with E-state index in [0.29, 0.717) is 13.2 Å². The fourth-order valence-corrected chi connectivity index (χ4v) is 1.91. The fourth-order valence-electron chi connectivity index (χ4n) is 1.91. The number of nitrogens with one attached hydrogen (secondary N) is 1. The van der Waals surface area contributed by atoms with Crippen molar-refractivity contribution in [2.75, 3.05) is 13.2 Å². The molecule has 1 atom stereocenters. The molecule has 4 nitrogen and oxygen atoms in total. The number of pyridine rings is 1. The Bertz CT molecular complexity index is 395. The van der Waals surface area contributed by atoms with Crippen LogP contribution >= 0.6 is 0 Å². The summed E-state index contributed by atoms with van der Waals surface area (Å²) in [6.07, 6.45) is 1.23. The Balaban J connectivity index is 1.84. The maximum absolute atomic E-state index is 5.78. The minimum atomic E-state index is 0.107. The molecule has 1 N–H and O–H groups in total. The lowest BCUT2D eigenvalue weighted by molar-refractivity contribution is 0.0301. The zero-order chi connectivity index (χ0) is 13.7. The number of hydrogen-bond acceptors (Lipinski definition) is 4. The van der Waals surface area contributed by atoms with Crippen molar-refractivity contribution in [3.63, 3.8) is 0 Å². The van der Waals surface area contributed by atoms with E-state index in [1.807, 2.05) is 18.2 Å². The second kappa shape index (κ2) is 6.46. The minimum absolute atomic E-state index is 0.107. The summed E-state index contributed by atoms with van der Waals surface area (Å²) in [6, 6.07) is 6.09. The highest BCUT2D eigenvalue weighted by atomic mass is 16.5. The third-order valence-electron chi connectivity index (χ3n) is 3.02. The van der Waals surface area contributed by atoms with Gasteiger partial charge in [0.1, 0.15) is 0 Å². The van der Waals surface area contributed by atoms with E-state index >= 15 is 0 Å². The van der Waals surface area contributed by atoms with Crippen molar-refractivity contribution in [3.05, 3.63) is 29.6 Å². The summed E-state index contributed by atoms with van der Waals surface area (Å²) < 4.78 is 11.1. The molecule has 1 aromatic heterocycles. The van der Waals surface area contributed by atoms with Gasteiger partial charge in [-0.05, 0) is 39.3 Å². The highest BCUT2D eigenvalue weighted by molar-refractivity contribution is 5.10. The summed E-state index contributed by atoms with van der Waals surface area (Å²) >= 11 is 0. The molecule has 0 spiro atoms. The third-order valence-corrected chi connectivity index (χ3v) is 3.02. The van der Waals surface area contributed by atoms with Crippen LogP contribution in [0.1, 0.15) is 38.6 Å². The number of ether oxygens (including phenoxy) is 2. The standard InChI is InChI=1S/C15H24N2O2/c1-15(2,3)16-9-12-5-4-6-13(17-12)10-19-14-7-8-18-11-14/h4-6,14,16H,7-11H2,1-3H3. The summed E-state index contributed by atoms with van der Waals surface area (Å²) in [5.41, 5.74) is 2.15. The van der Waals surface area contributed by atoms with E-state index in [0.717, 1.165) is 31.0 Å². The molecule has 0 amide bonds. The van der Waals surface area contributed by atoms with E-state index < -0.39 is 0 Å². The van der Waals surface area contributed by atoms with Gasteiger partial charge in [-0.2, -0.15) is 0 Å². The van der Waals surface area contributed by atoms with Crippen LogP contribution in [0.4, 0.5) is 0 Å². The second-order valence-electron chi connectivity index (χ2n) is 6.02. The smallest absolute Gasteiger partial charge is 0.0892 e. The van der Waals surface area contributed by atoms with Crippen LogP contribution in [-0.4, -0.2) is 29.8 Å². The molecule has 1 aliphatic heterocycles. The van der Waals surface area contributed by atoms with Crippen molar-refractivity contribution < 1.29 is 9.47 Å². The molecule has 0 saturated carbocycles. The molecule has 4 heteroatoms. The van der Waals surface area contributed by atoms with Crippen LogP contribution < -0.4 is 5.32 Å². The van der Waals surface area contributed by atoms with Gasteiger partial charge in [0.25, 0.3) is 0 Å². The topological polar surface area (TPSA) is 43.4 Å². The van der Waals surface area contributed by atoms with Gasteiger partial charge < -0.3 is 14.8 Å². The van der Waals surface area contributed by atoms with Crippen LogP contribution in [0.2, 0.25) is 0 Å². The Morgan fingerprint density at radius 3 is 2.84 bits per heavy atom. The monoisotopic (exact) mass is 264 g/mol. The zero-order valence-electron chi connectivity index (χ0n) is 12.1. The van der Waals surface area contributed by atoms with Crippen LogP contribution in [0, 0.1) is 0 Å². The van der Waals surface area contributed by atoms with Gasteiger partial charge in [0.05, 0.1) is 30.7 Å². The molecule has 0 radical (unpaired) electrons. The number of rotatable bonds is 5. The second-order valence-corrected chi connectivity index (χ2v) is 6.02. The third kappa shape index (κ3) is 5.27. The Morgan fingerprint density at radius 2 is 2.16 bits per heavy atom. The molecule has 2 rings (SSSR count). The first-order valence-electron chi connectivity index (χ1n) is 6.92. The Hall–Kier alpha value is -0.970. The van der Waals surface area contributed by atoms with Gasteiger partial charge in [0.15, 0.2) is 0 Å². The molecular formula is C15H24N2O2. The maximum Gasteiger partial charge on any atom is 0.0892 e. The maximum atomic E-state index is 5.78. The number of nitrogens with zero attached hydrogens (tertiary/aromatic N) is 1. The van der Waals surface area contributed by atoms with Gasteiger partial charge in [-0.1, -0.05) is 6.07 Å². The largest absolute Gasteiger partial charge is 0.379 e. The van der Waals surface area contributed by atoms with Crippen LogP contribution in [0.25, 0.3) is 0 Å². The molecule has 106 valence electrons. The van der Waals surface area contributed by atoms with Crippen molar-refractivity contribution in [1.29, 1.82) is 0 Å². The molecule has 1 unspecified atom stereocenters. The first-order valence-corrected chi connectivity index (χ1v) is 6.92. The molecular weight excluding hydrogens is 240 g/mol. The van der Waals surface area contributed by atoms with E-state index in [2.05, 4.69) is 31.1 Å². The molecule has 1 aromatic rings. The lowest BCUT2D eigenvalue weighted by Gasteiger charge is -2.20. The van der Waals surface area contributed by atoms with Crippen molar-refractivity contribution >= 4 is 0 Å². The highest BCUT2D eigenvalue weighted by Crippen LogP contribution is 2.11. The van der Waals surface area contributed by atoms with Crippen molar-refractivity contribution in [1.82, 2.24) is 10.3 Å². The van der Waals surface area contributed by atoms with Gasteiger partial charge in [0, 0.05) is 18.7 Å². The van der Waals surface area contributed by atoms with Gasteiger partial charge in [-0.25, -0.2) is 0 Å². The summed E-state index contributed by atoms with van der Waals surface area (Å²) in [5.74, 6) is 0. The van der Waals surface area contributed by atoms with Crippen LogP contribution in [0.15, 0.2) is 18.2 Å². The summed E-state index contributed by atoms with van der Waals surface area (Å²) in [7, 11) is 0. The van der Waals surface area contributed by atoms with E-state index in [1.54, 1.807) is 0 Å². The molecule has 19 heavy (non-hydrogen) atoms. The molecule has 1 aliphatic rings. The van der Waals surface area contributed by atoms with Crippen molar-refractivity contribution in [3.8, 4) is 0 Å². The van der Waals surface area contributed by atoms with Crippen LogP contribution in [0.5, 0.6) is 0 Å². The summed E-state index contributed by atoms with van der Waals surface area (Å²) in [6.45, 7) is 9.33. The Morgan fingerprint density at radius 1 is 1.37 bits per heavy atom. The molecule has 0 bridgehead atoms. The number of hydrogen-bond donors (Lipinski definition) is 1. The summed E-state index contributed by atoms with van der Waals surface area (Å²) in [5, 5.41) is 3.44. The van der Waals surface area contributed by atoms with Crippen LogP contribution in [-0.2, 0) is 22.6 Å². The van der Waals surface area contributed by atoms with E-state index in [1.165, 1.54) is 0 Å². The van der Waals surface area contributed by atoms with Crippen molar-refractivity contribution in [2.24, 2.45) is 0 Å². The predicted octanol–water partition coefficient (Wildman–Crippen LogP) is 2.28. The minimum Gasteiger partial charge on any atom is -0.379 e. The Kier molecular flexibility index (Phi) is 4.91. The van der Waals surface area contributed by atoms with Gasteiger partial charge in [-0.3, -0.25) is 4.98 Å². The number of aromatic nitrogens is 1. The van der Waals surface area contributed by atoms with Crippen molar-refractivity contribution in [2.45, 2.75) is 52.0 Å². The molecule has 0 aromatic carbocycles. The first-order chi connectivity index (χ1) is 9.03. The molecule has 2 heterocycles. The molecule has 1 fully saturated rings. The van der Waals surface area contributed by atoms with Gasteiger partial charge in [-0.15, -0.1) is 0 Å². The molecule has 1 saturated heterocycles. The zero-order valence-corrected chi connectivity index (χ0v) is 12.1. The predicted molar refractivity (Wildman–Crippen MR) is 74.8 cm³/mol. The van der Waals surface area contributed by atoms with Crippen LogP contribution in [0.3, 0.4) is 0 Å². The average Bonchev–Trinajstić information content (AvgIpc) is 2.87. The van der Waals surface area contributed by atoms with Gasteiger partial charge in [0.2, 0.25) is 0 Å². The quantitative estimate of drug-likeness (QED) is 0.886. The highest BCUT2D eigenvalue weighted by Gasteiger charge is 2.16.